The van der Waals surface area contributed by atoms with Crippen LogP contribution < -0.4 is 15.2 Å². The fraction of sp³-hybridized carbons (Fsp3) is 0.500. The lowest BCUT2D eigenvalue weighted by Crippen LogP contribution is -2.38. The maximum Gasteiger partial charge on any atom is 0.469 e. The number of hydrogen-bond donors (Lipinski definition) is 2. The molecule has 216 valence electrons. The first-order chi connectivity index (χ1) is 18.0. The molecule has 17 heteroatoms. The Morgan fingerprint density at radius 1 is 1.23 bits per heavy atom. The highest BCUT2D eigenvalue weighted by molar-refractivity contribution is 7.46. The van der Waals surface area contributed by atoms with E-state index in [0.717, 1.165) is 25.0 Å². The van der Waals surface area contributed by atoms with Crippen molar-refractivity contribution in [3.05, 3.63) is 43.9 Å². The zero-order valence-corrected chi connectivity index (χ0v) is 24.0. The summed E-state index contributed by atoms with van der Waals surface area (Å²) in [4.78, 5) is 49.6. The summed E-state index contributed by atoms with van der Waals surface area (Å²) in [7, 11) is -4.80. The van der Waals surface area contributed by atoms with Crippen LogP contribution in [0.4, 0.5) is 25.1 Å². The summed E-state index contributed by atoms with van der Waals surface area (Å²) in [5, 5.41) is -0.862. The molecule has 1 aliphatic carbocycles. The Kier molecular flexibility index (Phi) is 9.91. The summed E-state index contributed by atoms with van der Waals surface area (Å²) in [5.74, 6) is -0.732. The normalized spacial score (nSPS) is 14.8. The molecule has 2 aromatic rings. The molecule has 1 fully saturated rings. The lowest BCUT2D eigenvalue weighted by atomic mass is 9.97. The average Bonchev–Trinajstić information content (AvgIpc) is 3.64. The number of hydrogen-bond acceptors (Lipinski definition) is 7. The molecule has 1 amide bonds. The molecular formula is C22H25Cl3F2N3O8P. The lowest BCUT2D eigenvalue weighted by Gasteiger charge is -2.28. The number of halogens is 5. The van der Waals surface area contributed by atoms with Crippen molar-refractivity contribution in [3.63, 3.8) is 0 Å². The Morgan fingerprint density at radius 3 is 2.33 bits per heavy atom. The summed E-state index contributed by atoms with van der Waals surface area (Å²) in [6.07, 6.45) is 1.89. The molecule has 11 nitrogen and oxygen atoms in total. The molecule has 1 saturated carbocycles. The van der Waals surface area contributed by atoms with Crippen molar-refractivity contribution < 1.29 is 41.9 Å². The van der Waals surface area contributed by atoms with Crippen LogP contribution in [0, 0.1) is 11.3 Å². The van der Waals surface area contributed by atoms with Crippen LogP contribution in [0.15, 0.2) is 23.1 Å². The monoisotopic (exact) mass is 633 g/mol. The van der Waals surface area contributed by atoms with Crippen molar-refractivity contribution in [2.45, 2.75) is 46.3 Å². The van der Waals surface area contributed by atoms with Crippen molar-refractivity contribution in [2.24, 2.45) is 11.3 Å². The number of amides is 1. The maximum absolute atomic E-state index is 13.5. The second-order valence-corrected chi connectivity index (χ2v) is 12.1. The van der Waals surface area contributed by atoms with Gasteiger partial charge in [0.15, 0.2) is 0 Å². The Hall–Kier alpha value is -1.99. The minimum Gasteiger partial charge on any atom is -0.448 e. The van der Waals surface area contributed by atoms with Gasteiger partial charge in [0.2, 0.25) is 5.82 Å². The quantitative estimate of drug-likeness (QED) is 0.277. The van der Waals surface area contributed by atoms with Gasteiger partial charge in [-0.1, -0.05) is 48.7 Å². The molecule has 0 saturated heterocycles. The van der Waals surface area contributed by atoms with Gasteiger partial charge in [-0.05, 0) is 25.7 Å². The highest BCUT2D eigenvalue weighted by atomic mass is 35.5. The van der Waals surface area contributed by atoms with E-state index in [-0.39, 0.29) is 32.8 Å². The van der Waals surface area contributed by atoms with Gasteiger partial charge < -0.3 is 23.8 Å². The van der Waals surface area contributed by atoms with Gasteiger partial charge in [-0.25, -0.2) is 19.2 Å². The number of carbonyl (C=O) groups excluding carboxylic acids is 1. The minimum absolute atomic E-state index is 0.143. The summed E-state index contributed by atoms with van der Waals surface area (Å²) >= 11 is 18.8. The molecule has 2 N–H and O–H groups in total. The molecular weight excluding hydrogens is 610 g/mol. The van der Waals surface area contributed by atoms with Crippen LogP contribution in [0.25, 0.3) is 0 Å². The molecule has 0 unspecified atom stereocenters. The number of nitrogens with zero attached hydrogens (tertiary/aromatic N) is 3. The number of phosphoric ester groups is 1. The van der Waals surface area contributed by atoms with E-state index in [2.05, 4.69) is 14.2 Å². The molecule has 39 heavy (non-hydrogen) atoms. The zero-order valence-electron chi connectivity index (χ0n) is 20.8. The second-order valence-electron chi connectivity index (χ2n) is 9.61. The van der Waals surface area contributed by atoms with Crippen LogP contribution in [0.1, 0.15) is 39.7 Å². The Morgan fingerprint density at radius 2 is 1.82 bits per heavy atom. The van der Waals surface area contributed by atoms with Crippen LogP contribution in [0.5, 0.6) is 5.75 Å². The smallest absolute Gasteiger partial charge is 0.448 e. The van der Waals surface area contributed by atoms with Crippen molar-refractivity contribution in [1.29, 1.82) is 0 Å². The third-order valence-electron chi connectivity index (χ3n) is 5.67. The molecule has 1 aliphatic rings. The molecule has 0 bridgehead atoms. The number of ether oxygens (including phenoxy) is 2. The molecule has 3 rings (SSSR count). The van der Waals surface area contributed by atoms with Crippen molar-refractivity contribution in [1.82, 2.24) is 9.55 Å². The lowest BCUT2D eigenvalue weighted by molar-refractivity contribution is -0.0498. The first kappa shape index (κ1) is 31.5. The predicted molar refractivity (Wildman–Crippen MR) is 139 cm³/mol. The van der Waals surface area contributed by atoms with Gasteiger partial charge in [0, 0.05) is 29.8 Å². The van der Waals surface area contributed by atoms with E-state index in [1.165, 1.54) is 24.6 Å². The summed E-state index contributed by atoms with van der Waals surface area (Å²) in [5.41, 5.74) is -2.17. The molecule has 0 radical (unpaired) electrons. The van der Waals surface area contributed by atoms with Gasteiger partial charge in [0.25, 0.3) is 5.56 Å². The van der Waals surface area contributed by atoms with E-state index in [9.17, 15) is 22.9 Å². The van der Waals surface area contributed by atoms with E-state index < -0.39 is 56.3 Å². The summed E-state index contributed by atoms with van der Waals surface area (Å²) in [6.45, 7) is 0.677. The van der Waals surface area contributed by atoms with E-state index >= 15 is 0 Å². The van der Waals surface area contributed by atoms with Gasteiger partial charge in [0.1, 0.15) is 17.5 Å². The molecule has 0 aliphatic heterocycles. The van der Waals surface area contributed by atoms with Crippen LogP contribution in [0.2, 0.25) is 15.2 Å². The standard InChI is InChI=1S/C22H25Cl3F2N3O8P/c1-11(12-4-5-12)29-8-16(25)28-18(19(29)31)30(17-14(23)6-13(7-15(17)24)38-20(26)27)21(32)36-9-22(2,3)10-37-39(33,34)35/h6-8,11-12,20H,4-5,9-10H2,1-3H3,(H2,33,34,35)/t11-/m0/s1. The van der Waals surface area contributed by atoms with Gasteiger partial charge >= 0.3 is 20.5 Å². The van der Waals surface area contributed by atoms with Crippen LogP contribution in [-0.4, -0.2) is 45.3 Å². The fourth-order valence-corrected chi connectivity index (χ4v) is 4.89. The largest absolute Gasteiger partial charge is 0.469 e. The van der Waals surface area contributed by atoms with E-state index in [1.54, 1.807) is 0 Å². The van der Waals surface area contributed by atoms with E-state index in [0.29, 0.717) is 4.90 Å². The molecule has 0 spiro atoms. The number of alkyl halides is 2. The van der Waals surface area contributed by atoms with Crippen molar-refractivity contribution in [3.8, 4) is 5.75 Å². The average molecular weight is 635 g/mol. The molecule has 1 aromatic heterocycles. The van der Waals surface area contributed by atoms with E-state index in [4.69, 9.17) is 49.3 Å². The second kappa shape index (κ2) is 12.3. The van der Waals surface area contributed by atoms with Gasteiger partial charge in [0.05, 0.1) is 22.3 Å². The van der Waals surface area contributed by atoms with Crippen LogP contribution in [0.3, 0.4) is 0 Å². The number of anilines is 2. The molecule has 1 aromatic carbocycles. The Labute approximate surface area is 236 Å². The van der Waals surface area contributed by atoms with Gasteiger partial charge in [-0.15, -0.1) is 0 Å². The third kappa shape index (κ3) is 8.50. The first-order valence-electron chi connectivity index (χ1n) is 11.4. The number of carbonyl (C=O) groups is 1. The zero-order chi connectivity index (χ0) is 29.3. The number of benzene rings is 1. The van der Waals surface area contributed by atoms with E-state index in [1.807, 2.05) is 6.92 Å². The minimum atomic E-state index is -4.80. The highest BCUT2D eigenvalue weighted by Gasteiger charge is 2.35. The summed E-state index contributed by atoms with van der Waals surface area (Å²) in [6, 6.07) is 1.64. The number of rotatable bonds is 11. The number of aromatic nitrogens is 2. The fourth-order valence-electron chi connectivity index (χ4n) is 3.55. The molecule has 1 heterocycles. The topological polar surface area (TPSA) is 140 Å². The SMILES string of the molecule is C[C@@H](C1CC1)n1cc(Cl)nc(N(C(=O)OCC(C)(C)COP(=O)(O)O)c2c(Cl)cc(OC(F)F)cc2Cl)c1=O. The third-order valence-corrected chi connectivity index (χ3v) is 6.89. The van der Waals surface area contributed by atoms with Gasteiger partial charge in [-0.3, -0.25) is 9.32 Å². The van der Waals surface area contributed by atoms with Crippen LogP contribution >= 0.6 is 42.6 Å². The predicted octanol–water partition coefficient (Wildman–Crippen LogP) is 6.19. The number of phosphoric acid groups is 1. The Balaban J connectivity index is 2.07. The molecule has 1 atom stereocenters. The first-order valence-corrected chi connectivity index (χ1v) is 14.0. The highest BCUT2D eigenvalue weighted by Crippen LogP contribution is 2.43. The van der Waals surface area contributed by atoms with Crippen LogP contribution in [-0.2, 0) is 13.8 Å². The Bertz CT molecular complexity index is 1310. The maximum atomic E-state index is 13.5. The van der Waals surface area contributed by atoms with Gasteiger partial charge in [-0.2, -0.15) is 8.78 Å². The van der Waals surface area contributed by atoms with Crippen molar-refractivity contribution >= 4 is 60.2 Å². The summed E-state index contributed by atoms with van der Waals surface area (Å²) < 4.78 is 52.1. The van der Waals surface area contributed by atoms with Crippen molar-refractivity contribution in [2.75, 3.05) is 18.1 Å².